The second kappa shape index (κ2) is 9.29. The van der Waals surface area contributed by atoms with Crippen LogP contribution in [0.25, 0.3) is 0 Å². The third kappa shape index (κ3) is 3.72. The van der Waals surface area contributed by atoms with Crippen LogP contribution in [0, 0.1) is 0 Å². The van der Waals surface area contributed by atoms with Gasteiger partial charge in [0.15, 0.2) is 0 Å². The summed E-state index contributed by atoms with van der Waals surface area (Å²) < 4.78 is 7.94. The lowest BCUT2D eigenvalue weighted by molar-refractivity contribution is 0.612. The van der Waals surface area contributed by atoms with E-state index in [9.17, 15) is 0 Å². The molecule has 0 spiro atoms. The maximum absolute atomic E-state index is 7.94. The zero-order valence-electron chi connectivity index (χ0n) is 14.9. The van der Waals surface area contributed by atoms with Crippen molar-refractivity contribution in [3.63, 3.8) is 0 Å². The lowest BCUT2D eigenvalue weighted by Gasteiger charge is -2.48. The van der Waals surface area contributed by atoms with Crippen molar-refractivity contribution in [2.45, 2.75) is 26.1 Å². The predicted molar refractivity (Wildman–Crippen MR) is 113 cm³/mol. The summed E-state index contributed by atoms with van der Waals surface area (Å²) >= 11 is 2.28. The minimum absolute atomic E-state index is 0.558. The van der Waals surface area contributed by atoms with E-state index in [1.165, 1.54) is 16.4 Å². The highest BCUT2D eigenvalue weighted by molar-refractivity contribution is 7.44. The average molecular weight is 348 g/mol. The molecule has 1 unspecified atom stereocenters. The van der Waals surface area contributed by atoms with Gasteiger partial charge in [-0.1, -0.05) is 111 Å². The zero-order valence-corrected chi connectivity index (χ0v) is 15.8. The summed E-state index contributed by atoms with van der Waals surface area (Å²) in [7, 11) is 0. The predicted octanol–water partition coefficient (Wildman–Crippen LogP) is 3.57. The van der Waals surface area contributed by atoms with Crippen LogP contribution in [0.15, 0.2) is 91.0 Å². The Hall–Kier alpha value is -2.26. The topological polar surface area (TPSA) is 17.1 Å². The molecule has 0 radical (unpaired) electrons. The van der Waals surface area contributed by atoms with Crippen LogP contribution in [-0.4, -0.2) is 6.15 Å². The first-order valence-corrected chi connectivity index (χ1v) is 9.17. The van der Waals surface area contributed by atoms with Crippen LogP contribution in [0.4, 0.5) is 0 Å². The number of thiol groups is 1. The van der Waals surface area contributed by atoms with Crippen molar-refractivity contribution in [1.29, 1.82) is 0 Å². The highest BCUT2D eigenvalue weighted by Gasteiger charge is 2.33. The summed E-state index contributed by atoms with van der Waals surface area (Å²) in [5.41, 5.74) is 4.29. The average Bonchev–Trinajstić information content (AvgIpc) is 2.72. The fraction of sp³-hybridized carbons (Fsp3) is 0.182. The molecule has 0 heterocycles. The Labute approximate surface area is 156 Å². The SMILES string of the molecule is CCC(C)[B-](c1ccccc1)(c1ccccc1)c1ccccc1.O=[SH+]. The number of benzene rings is 3. The second-order valence-corrected chi connectivity index (χ2v) is 6.55. The van der Waals surface area contributed by atoms with Crippen LogP contribution in [0.1, 0.15) is 20.3 Å². The lowest BCUT2D eigenvalue weighted by Crippen LogP contribution is -2.69. The van der Waals surface area contributed by atoms with Crippen LogP contribution in [-0.2, 0) is 16.7 Å². The molecule has 3 aromatic rings. The molecule has 0 bridgehead atoms. The monoisotopic (exact) mass is 348 g/mol. The summed E-state index contributed by atoms with van der Waals surface area (Å²) in [6, 6.07) is 33.1. The van der Waals surface area contributed by atoms with Crippen molar-refractivity contribution in [3.8, 4) is 0 Å². The molecular weight excluding hydrogens is 323 g/mol. The summed E-state index contributed by atoms with van der Waals surface area (Å²) in [6.45, 7) is 4.70. The fourth-order valence-electron chi connectivity index (χ4n) is 4.19. The van der Waals surface area contributed by atoms with Gasteiger partial charge >= 0.3 is 12.5 Å². The molecule has 0 aliphatic rings. The molecule has 0 aliphatic carbocycles. The van der Waals surface area contributed by atoms with E-state index in [1.807, 2.05) is 0 Å². The Kier molecular flexibility index (Phi) is 7.09. The molecule has 3 aromatic carbocycles. The van der Waals surface area contributed by atoms with E-state index < -0.39 is 6.15 Å². The van der Waals surface area contributed by atoms with Gasteiger partial charge in [0.2, 0.25) is 0 Å². The van der Waals surface area contributed by atoms with Crippen molar-refractivity contribution in [1.82, 2.24) is 0 Å². The van der Waals surface area contributed by atoms with Crippen LogP contribution in [0.3, 0.4) is 0 Å². The van der Waals surface area contributed by atoms with Gasteiger partial charge in [-0.3, -0.25) is 0 Å². The molecule has 0 aromatic heterocycles. The number of hydrogen-bond acceptors (Lipinski definition) is 1. The van der Waals surface area contributed by atoms with Crippen molar-refractivity contribution in [2.75, 3.05) is 0 Å². The van der Waals surface area contributed by atoms with Crippen molar-refractivity contribution >= 4 is 35.1 Å². The Bertz CT molecular complexity index is 650. The second-order valence-electron chi connectivity index (χ2n) is 6.55. The van der Waals surface area contributed by atoms with Crippen LogP contribution in [0.5, 0.6) is 0 Å². The summed E-state index contributed by atoms with van der Waals surface area (Å²) in [4.78, 5) is 0. The Balaban J connectivity index is 0.00000109. The molecule has 0 N–H and O–H groups in total. The normalized spacial score (nSPS) is 11.9. The number of rotatable bonds is 5. The van der Waals surface area contributed by atoms with Gasteiger partial charge in [0, 0.05) is 4.21 Å². The molecule has 128 valence electrons. The summed E-state index contributed by atoms with van der Waals surface area (Å²) in [6.07, 6.45) is 0.177. The molecule has 0 fully saturated rings. The zero-order chi connectivity index (χ0) is 18.1. The van der Waals surface area contributed by atoms with Gasteiger partial charge in [-0.05, 0) is 0 Å². The highest BCUT2D eigenvalue weighted by Crippen LogP contribution is 2.25. The molecule has 0 amide bonds. The fourth-order valence-corrected chi connectivity index (χ4v) is 4.19. The maximum Gasteiger partial charge on any atom is 0.443 e. The Morgan fingerprint density at radius 3 is 1.20 bits per heavy atom. The van der Waals surface area contributed by atoms with Gasteiger partial charge in [0.1, 0.15) is 0 Å². The van der Waals surface area contributed by atoms with E-state index in [4.69, 9.17) is 4.21 Å². The Morgan fingerprint density at radius 1 is 0.680 bits per heavy atom. The van der Waals surface area contributed by atoms with Gasteiger partial charge in [-0.15, -0.1) is 0 Å². The smallest absolute Gasteiger partial charge is 0.200 e. The molecule has 1 nitrogen and oxygen atoms in total. The van der Waals surface area contributed by atoms with Crippen molar-refractivity contribution < 1.29 is 4.21 Å². The lowest BCUT2D eigenvalue weighted by atomic mass is 9.10. The highest BCUT2D eigenvalue weighted by atomic mass is 32.1. The first-order valence-electron chi connectivity index (χ1n) is 8.81. The van der Waals surface area contributed by atoms with Crippen LogP contribution < -0.4 is 16.4 Å². The standard InChI is InChI=1S/C22H24B.OS/c1-3-19(2)23(20-13-7-4-8-14-20,21-15-9-5-10-16-21)22-17-11-6-12-18-22;1-2/h4-19H,3H2,1-2H3;/q-1;/p+1. The molecule has 0 saturated carbocycles. The van der Waals surface area contributed by atoms with E-state index in [0.717, 1.165) is 6.42 Å². The minimum atomic E-state index is -0.974. The Morgan fingerprint density at radius 2 is 0.960 bits per heavy atom. The van der Waals surface area contributed by atoms with E-state index in [2.05, 4.69) is 117 Å². The van der Waals surface area contributed by atoms with E-state index >= 15 is 0 Å². The molecular formula is C22H25BOS. The van der Waals surface area contributed by atoms with Crippen LogP contribution >= 0.6 is 0 Å². The third-order valence-electron chi connectivity index (χ3n) is 5.47. The molecule has 0 saturated heterocycles. The van der Waals surface area contributed by atoms with Crippen molar-refractivity contribution in [3.05, 3.63) is 91.0 Å². The molecule has 3 heteroatoms. The van der Waals surface area contributed by atoms with E-state index in [1.54, 1.807) is 0 Å². The van der Waals surface area contributed by atoms with Gasteiger partial charge in [-0.25, -0.2) is 0 Å². The summed E-state index contributed by atoms with van der Waals surface area (Å²) in [5.74, 6) is 0.558. The maximum atomic E-state index is 7.94. The largest absolute Gasteiger partial charge is 0.443 e. The minimum Gasteiger partial charge on any atom is -0.200 e. The van der Waals surface area contributed by atoms with Gasteiger partial charge < -0.3 is 0 Å². The molecule has 25 heavy (non-hydrogen) atoms. The van der Waals surface area contributed by atoms with Crippen molar-refractivity contribution in [2.24, 2.45) is 0 Å². The quantitative estimate of drug-likeness (QED) is 0.391. The van der Waals surface area contributed by atoms with Crippen LogP contribution in [0.2, 0.25) is 5.82 Å². The first kappa shape index (κ1) is 19.1. The van der Waals surface area contributed by atoms with E-state index in [-0.39, 0.29) is 0 Å². The third-order valence-corrected chi connectivity index (χ3v) is 5.47. The summed E-state index contributed by atoms with van der Waals surface area (Å²) in [5, 5.41) is 0. The molecule has 3 rings (SSSR count). The van der Waals surface area contributed by atoms with Gasteiger partial charge in [-0.2, -0.15) is 22.2 Å². The number of hydrogen-bond donors (Lipinski definition) is 0. The van der Waals surface area contributed by atoms with Gasteiger partial charge in [0.05, 0.1) is 6.15 Å². The molecule has 1 atom stereocenters. The van der Waals surface area contributed by atoms with Gasteiger partial charge in [0.25, 0.3) is 0 Å². The first-order chi connectivity index (χ1) is 12.3. The molecule has 0 aliphatic heterocycles. The van der Waals surface area contributed by atoms with E-state index in [0.29, 0.717) is 5.82 Å².